The fourth-order valence-corrected chi connectivity index (χ4v) is 4.58. The molecule has 1 aromatic rings. The molecular weight excluding hydrogens is 370 g/mol. The third kappa shape index (κ3) is 4.28. The number of hydrogen-bond donors (Lipinski definition) is 1. The molecule has 1 aliphatic heterocycles. The highest BCUT2D eigenvalue weighted by Gasteiger charge is 2.48. The Morgan fingerprint density at radius 2 is 1.97 bits per heavy atom. The molecule has 2 unspecified atom stereocenters. The van der Waals surface area contributed by atoms with Gasteiger partial charge in [0.25, 0.3) is 0 Å². The van der Waals surface area contributed by atoms with Crippen LogP contribution in [0, 0.1) is 5.41 Å². The number of methoxy groups -OCH3 is 2. The third-order valence-electron chi connectivity index (χ3n) is 6.42. The summed E-state index contributed by atoms with van der Waals surface area (Å²) in [5.41, 5.74) is 4.62. The van der Waals surface area contributed by atoms with Crippen LogP contribution in [-0.4, -0.2) is 57.2 Å². The van der Waals surface area contributed by atoms with Crippen LogP contribution in [0.5, 0.6) is 11.5 Å². The van der Waals surface area contributed by atoms with E-state index < -0.39 is 0 Å². The first-order valence-corrected chi connectivity index (χ1v) is 10.3. The average molecular weight is 404 g/mol. The van der Waals surface area contributed by atoms with Gasteiger partial charge in [-0.25, -0.2) is 4.79 Å². The first-order valence-electron chi connectivity index (χ1n) is 10.3. The van der Waals surface area contributed by atoms with Crippen LogP contribution >= 0.6 is 0 Å². The zero-order chi connectivity index (χ0) is 21.0. The monoisotopic (exact) mass is 403 g/mol. The Bertz CT molecular complexity index is 760. The van der Waals surface area contributed by atoms with Gasteiger partial charge in [0, 0.05) is 37.2 Å². The Morgan fingerprint density at radius 3 is 2.59 bits per heavy atom. The number of benzene rings is 1. The SMILES string of the molecule is CN/N=C(\C)C1(C)CN(C(=O)OC)CC1c1ccc(OC)c(OC2CCCC2)c1. The van der Waals surface area contributed by atoms with Crippen molar-refractivity contribution in [1.82, 2.24) is 10.3 Å². The minimum absolute atomic E-state index is 0.0653. The molecule has 1 amide bonds. The maximum atomic E-state index is 12.3. The highest BCUT2D eigenvalue weighted by molar-refractivity contribution is 5.90. The predicted molar refractivity (Wildman–Crippen MR) is 113 cm³/mol. The number of carbonyl (C=O) groups excluding carboxylic acids is 1. The predicted octanol–water partition coefficient (Wildman–Crippen LogP) is 3.78. The van der Waals surface area contributed by atoms with Crippen molar-refractivity contribution in [3.8, 4) is 11.5 Å². The molecule has 0 aromatic heterocycles. The maximum absolute atomic E-state index is 12.3. The molecule has 160 valence electrons. The van der Waals surface area contributed by atoms with Crippen LogP contribution in [0.25, 0.3) is 0 Å². The normalized spacial score (nSPS) is 25.2. The smallest absolute Gasteiger partial charge is 0.409 e. The second kappa shape index (κ2) is 8.93. The highest BCUT2D eigenvalue weighted by atomic mass is 16.5. The molecule has 7 heteroatoms. The number of ether oxygens (including phenoxy) is 3. The second-order valence-corrected chi connectivity index (χ2v) is 8.18. The highest BCUT2D eigenvalue weighted by Crippen LogP contribution is 2.46. The molecule has 29 heavy (non-hydrogen) atoms. The van der Waals surface area contributed by atoms with Crippen molar-refractivity contribution in [3.05, 3.63) is 23.8 Å². The molecule has 0 spiro atoms. The van der Waals surface area contributed by atoms with Gasteiger partial charge in [-0.15, -0.1) is 0 Å². The van der Waals surface area contributed by atoms with Crippen LogP contribution in [0.2, 0.25) is 0 Å². The lowest BCUT2D eigenvalue weighted by Gasteiger charge is -2.31. The van der Waals surface area contributed by atoms with Crippen LogP contribution in [-0.2, 0) is 4.74 Å². The van der Waals surface area contributed by atoms with Crippen molar-refractivity contribution in [2.24, 2.45) is 10.5 Å². The van der Waals surface area contributed by atoms with E-state index in [1.165, 1.54) is 20.0 Å². The van der Waals surface area contributed by atoms with Crippen molar-refractivity contribution in [2.75, 3.05) is 34.4 Å². The summed E-state index contributed by atoms with van der Waals surface area (Å²) >= 11 is 0. The molecule has 2 fully saturated rings. The third-order valence-corrected chi connectivity index (χ3v) is 6.42. The van der Waals surface area contributed by atoms with Gasteiger partial charge < -0.3 is 24.5 Å². The average Bonchev–Trinajstić information content (AvgIpc) is 3.36. The summed E-state index contributed by atoms with van der Waals surface area (Å²) in [6.07, 6.45) is 4.51. The van der Waals surface area contributed by atoms with Gasteiger partial charge in [-0.05, 0) is 50.3 Å². The van der Waals surface area contributed by atoms with Crippen LogP contribution in [0.1, 0.15) is 51.0 Å². The number of nitrogens with zero attached hydrogens (tertiary/aromatic N) is 2. The van der Waals surface area contributed by atoms with E-state index in [0.29, 0.717) is 13.1 Å². The number of hydrazone groups is 1. The Labute approximate surface area is 173 Å². The van der Waals surface area contributed by atoms with Gasteiger partial charge in [0.2, 0.25) is 0 Å². The summed E-state index contributed by atoms with van der Waals surface area (Å²) in [6.45, 7) is 5.27. The maximum Gasteiger partial charge on any atom is 0.409 e. The minimum Gasteiger partial charge on any atom is -0.493 e. The molecule has 2 atom stereocenters. The molecule has 0 bridgehead atoms. The zero-order valence-electron chi connectivity index (χ0n) is 18.2. The lowest BCUT2D eigenvalue weighted by atomic mass is 9.73. The van der Waals surface area contributed by atoms with Crippen LogP contribution < -0.4 is 14.9 Å². The lowest BCUT2D eigenvalue weighted by Crippen LogP contribution is -2.36. The summed E-state index contributed by atoms with van der Waals surface area (Å²) in [7, 11) is 4.87. The first-order chi connectivity index (χ1) is 13.9. The van der Waals surface area contributed by atoms with E-state index in [4.69, 9.17) is 14.2 Å². The summed E-state index contributed by atoms with van der Waals surface area (Å²) in [4.78, 5) is 14.0. The molecule has 7 nitrogen and oxygen atoms in total. The van der Waals surface area contributed by atoms with E-state index in [-0.39, 0.29) is 23.5 Å². The summed E-state index contributed by atoms with van der Waals surface area (Å²) < 4.78 is 16.8. The fourth-order valence-electron chi connectivity index (χ4n) is 4.58. The van der Waals surface area contributed by atoms with E-state index in [2.05, 4.69) is 29.6 Å². The van der Waals surface area contributed by atoms with Gasteiger partial charge in [-0.2, -0.15) is 5.10 Å². The van der Waals surface area contributed by atoms with Crippen molar-refractivity contribution < 1.29 is 19.0 Å². The fraction of sp³-hybridized carbons (Fsp3) is 0.636. The number of likely N-dealkylation sites (tertiary alicyclic amines) is 1. The quantitative estimate of drug-likeness (QED) is 0.578. The molecule has 1 heterocycles. The van der Waals surface area contributed by atoms with E-state index >= 15 is 0 Å². The molecule has 1 aliphatic carbocycles. The molecule has 0 radical (unpaired) electrons. The zero-order valence-corrected chi connectivity index (χ0v) is 18.2. The summed E-state index contributed by atoms with van der Waals surface area (Å²) in [5.74, 6) is 1.58. The van der Waals surface area contributed by atoms with Crippen molar-refractivity contribution in [3.63, 3.8) is 0 Å². The number of amides is 1. The first kappa shape index (κ1) is 21.3. The van der Waals surface area contributed by atoms with Gasteiger partial charge in [0.15, 0.2) is 11.5 Å². The largest absolute Gasteiger partial charge is 0.493 e. The van der Waals surface area contributed by atoms with Gasteiger partial charge in [-0.3, -0.25) is 0 Å². The molecule has 3 rings (SSSR count). The van der Waals surface area contributed by atoms with Crippen LogP contribution in [0.15, 0.2) is 23.3 Å². The van der Waals surface area contributed by atoms with Crippen molar-refractivity contribution >= 4 is 11.8 Å². The molecule has 1 saturated carbocycles. The van der Waals surface area contributed by atoms with Crippen LogP contribution in [0.3, 0.4) is 0 Å². The number of rotatable bonds is 6. The summed E-state index contributed by atoms with van der Waals surface area (Å²) in [5, 5.41) is 4.44. The van der Waals surface area contributed by atoms with E-state index in [1.54, 1.807) is 19.1 Å². The van der Waals surface area contributed by atoms with Gasteiger partial charge >= 0.3 is 6.09 Å². The molecule has 2 aliphatic rings. The van der Waals surface area contributed by atoms with Crippen molar-refractivity contribution in [2.45, 2.75) is 51.6 Å². The Morgan fingerprint density at radius 1 is 1.24 bits per heavy atom. The number of carbonyl (C=O) groups is 1. The minimum atomic E-state index is -0.323. The lowest BCUT2D eigenvalue weighted by molar-refractivity contribution is 0.130. The molecule has 1 N–H and O–H groups in total. The second-order valence-electron chi connectivity index (χ2n) is 8.18. The Balaban J connectivity index is 1.96. The number of hydrogen-bond acceptors (Lipinski definition) is 6. The van der Waals surface area contributed by atoms with Gasteiger partial charge in [-0.1, -0.05) is 13.0 Å². The summed E-state index contributed by atoms with van der Waals surface area (Å²) in [6, 6.07) is 6.11. The van der Waals surface area contributed by atoms with E-state index in [9.17, 15) is 4.79 Å². The van der Waals surface area contributed by atoms with Gasteiger partial charge in [0.05, 0.1) is 20.3 Å². The standard InChI is InChI=1S/C22H33N3O4/c1-15(24-23-3)22(2)14-25(21(26)28-5)13-18(22)16-10-11-19(27-4)20(12-16)29-17-8-6-7-9-17/h10-12,17-18,23H,6-9,13-14H2,1-5H3/b24-15+. The van der Waals surface area contributed by atoms with E-state index in [1.807, 2.05) is 13.0 Å². The topological polar surface area (TPSA) is 72.4 Å². The molecule has 1 aromatic carbocycles. The van der Waals surface area contributed by atoms with Gasteiger partial charge in [0.1, 0.15) is 0 Å². The Hall–Kier alpha value is -2.44. The molecule has 1 saturated heterocycles. The van der Waals surface area contributed by atoms with Crippen LogP contribution in [0.4, 0.5) is 4.79 Å². The van der Waals surface area contributed by atoms with E-state index in [0.717, 1.165) is 35.6 Å². The molecular formula is C22H33N3O4. The van der Waals surface area contributed by atoms with Crippen molar-refractivity contribution in [1.29, 1.82) is 0 Å². The number of nitrogens with one attached hydrogen (secondary N) is 1. The Kier molecular flexibility index (Phi) is 6.55.